The number of fused-ring (bicyclic) bond motifs is 3. The minimum atomic E-state index is -3.30. The maximum absolute atomic E-state index is 15.4. The predicted molar refractivity (Wildman–Crippen MR) is 131 cm³/mol. The van der Waals surface area contributed by atoms with E-state index in [-0.39, 0.29) is 34.8 Å². The lowest BCUT2D eigenvalue weighted by Gasteiger charge is -2.51. The Morgan fingerprint density at radius 1 is 1.14 bits per heavy atom. The average molecular weight is 526 g/mol. The van der Waals surface area contributed by atoms with E-state index in [1.54, 1.807) is 12.1 Å². The summed E-state index contributed by atoms with van der Waals surface area (Å²) in [5.41, 5.74) is 0.392. The molecule has 2 aromatic rings. The van der Waals surface area contributed by atoms with E-state index in [0.29, 0.717) is 43.9 Å². The zero-order chi connectivity index (χ0) is 24.8. The summed E-state index contributed by atoms with van der Waals surface area (Å²) >= 11 is 6.08. The van der Waals surface area contributed by atoms with Crippen molar-refractivity contribution in [3.05, 3.63) is 64.2 Å². The fraction of sp³-hybridized carbons (Fsp3) is 0.538. The van der Waals surface area contributed by atoms with Crippen LogP contribution < -0.4 is 4.74 Å². The lowest BCUT2D eigenvalue weighted by molar-refractivity contribution is -0.0963. The van der Waals surface area contributed by atoms with Gasteiger partial charge in [-0.2, -0.15) is 0 Å². The minimum absolute atomic E-state index is 0.00217. The van der Waals surface area contributed by atoms with Crippen LogP contribution in [0, 0.1) is 17.6 Å². The first kappa shape index (κ1) is 24.9. The molecule has 2 fully saturated rings. The third kappa shape index (κ3) is 4.70. The van der Waals surface area contributed by atoms with Gasteiger partial charge in [0.25, 0.3) is 0 Å². The van der Waals surface area contributed by atoms with Crippen molar-refractivity contribution in [1.82, 2.24) is 4.90 Å². The molecule has 3 aliphatic heterocycles. The summed E-state index contributed by atoms with van der Waals surface area (Å²) in [5.74, 6) is -1.47. The molecule has 35 heavy (non-hydrogen) atoms. The molecule has 5 nitrogen and oxygen atoms in total. The number of benzene rings is 2. The second-order valence-electron chi connectivity index (χ2n) is 10.1. The summed E-state index contributed by atoms with van der Waals surface area (Å²) in [4.78, 5) is 2.03. The average Bonchev–Trinajstić information content (AvgIpc) is 3.28. The first-order valence-electron chi connectivity index (χ1n) is 12.1. The van der Waals surface area contributed by atoms with Gasteiger partial charge in [-0.25, -0.2) is 17.2 Å². The predicted octanol–water partition coefficient (Wildman–Crippen LogP) is 4.41. The van der Waals surface area contributed by atoms with Gasteiger partial charge in [0.15, 0.2) is 21.4 Å². The molecule has 5 rings (SSSR count). The Balaban J connectivity index is 1.48. The van der Waals surface area contributed by atoms with Crippen LogP contribution in [-0.2, 0) is 26.4 Å². The highest BCUT2D eigenvalue weighted by molar-refractivity contribution is 7.92. The fourth-order valence-corrected chi connectivity index (χ4v) is 8.10. The summed E-state index contributed by atoms with van der Waals surface area (Å²) in [6.07, 6.45) is 1.42. The molecule has 9 heteroatoms. The van der Waals surface area contributed by atoms with Crippen molar-refractivity contribution in [3.63, 3.8) is 0 Å². The summed E-state index contributed by atoms with van der Waals surface area (Å²) < 4.78 is 68.1. The number of sulfone groups is 1. The van der Waals surface area contributed by atoms with E-state index in [1.807, 2.05) is 24.1 Å². The zero-order valence-corrected chi connectivity index (χ0v) is 21.3. The molecule has 0 saturated carbocycles. The zero-order valence-electron chi connectivity index (χ0n) is 19.7. The molecule has 4 atom stereocenters. The van der Waals surface area contributed by atoms with Crippen LogP contribution in [0.1, 0.15) is 30.4 Å². The van der Waals surface area contributed by atoms with Gasteiger partial charge in [-0.3, -0.25) is 0 Å². The third-order valence-corrected chi connectivity index (χ3v) is 10.4. The molecule has 0 bridgehead atoms. The van der Waals surface area contributed by atoms with Gasteiger partial charge >= 0.3 is 0 Å². The van der Waals surface area contributed by atoms with Crippen LogP contribution in [-0.4, -0.2) is 63.8 Å². The first-order valence-corrected chi connectivity index (χ1v) is 14.2. The van der Waals surface area contributed by atoms with Crippen LogP contribution in [0.5, 0.6) is 5.75 Å². The molecule has 2 aromatic carbocycles. The van der Waals surface area contributed by atoms with Crippen molar-refractivity contribution in [2.75, 3.05) is 39.1 Å². The standard InChI is InChI=1S/C26H30ClF2NO4S/c1-30-11-8-19(15-30)35(31,32)13-9-23-20-16-34-25-22(29)7-6-21(28)24(25)26(20,10-12-33-23)14-17-2-4-18(27)5-3-17/h2-7,19-20,23H,8-16H2,1H3/t19-,20-,23-,26-/m0/s1. The molecular weight excluding hydrogens is 496 g/mol. The maximum atomic E-state index is 15.4. The molecule has 0 aliphatic carbocycles. The van der Waals surface area contributed by atoms with Crippen LogP contribution in [0.2, 0.25) is 5.02 Å². The minimum Gasteiger partial charge on any atom is -0.490 e. The molecular formula is C26H30ClF2NO4S. The molecule has 0 unspecified atom stereocenters. The van der Waals surface area contributed by atoms with Crippen molar-refractivity contribution in [2.45, 2.75) is 42.5 Å². The van der Waals surface area contributed by atoms with Crippen LogP contribution in [0.3, 0.4) is 0 Å². The summed E-state index contributed by atoms with van der Waals surface area (Å²) in [6, 6.07) is 9.60. The quantitative estimate of drug-likeness (QED) is 0.559. The number of ether oxygens (including phenoxy) is 2. The van der Waals surface area contributed by atoms with Crippen LogP contribution in [0.15, 0.2) is 36.4 Å². The monoisotopic (exact) mass is 525 g/mol. The summed E-state index contributed by atoms with van der Waals surface area (Å²) in [5, 5.41) is 0.227. The van der Waals surface area contributed by atoms with E-state index < -0.39 is 33.0 Å². The van der Waals surface area contributed by atoms with Crippen molar-refractivity contribution in [3.8, 4) is 5.75 Å². The van der Waals surface area contributed by atoms with Gasteiger partial charge in [0.05, 0.1) is 23.7 Å². The highest BCUT2D eigenvalue weighted by atomic mass is 35.5. The number of halogens is 3. The van der Waals surface area contributed by atoms with Gasteiger partial charge in [-0.05, 0) is 69.1 Å². The SMILES string of the molecule is CN1CC[C@H](S(=O)(=O)CC[C@@H]2OCC[C@@]3(Cc4ccc(Cl)cc4)c4c(F)ccc(F)c4OC[C@@H]23)C1. The lowest BCUT2D eigenvalue weighted by atomic mass is 9.60. The normalized spacial score (nSPS) is 28.9. The van der Waals surface area contributed by atoms with E-state index in [9.17, 15) is 12.8 Å². The van der Waals surface area contributed by atoms with Crippen molar-refractivity contribution >= 4 is 21.4 Å². The van der Waals surface area contributed by atoms with E-state index >= 15 is 4.39 Å². The Morgan fingerprint density at radius 3 is 2.60 bits per heavy atom. The second-order valence-corrected chi connectivity index (χ2v) is 12.9. The number of hydrogen-bond acceptors (Lipinski definition) is 5. The number of likely N-dealkylation sites (tertiary alicyclic amines) is 1. The van der Waals surface area contributed by atoms with Gasteiger partial charge in [0.1, 0.15) is 5.82 Å². The third-order valence-electron chi connectivity index (χ3n) is 7.98. The number of nitrogens with zero attached hydrogens (tertiary/aromatic N) is 1. The highest BCUT2D eigenvalue weighted by Crippen LogP contribution is 2.52. The fourth-order valence-electron chi connectivity index (χ4n) is 6.13. The Labute approximate surface area is 210 Å². The van der Waals surface area contributed by atoms with Gasteiger partial charge < -0.3 is 14.4 Å². The Morgan fingerprint density at radius 2 is 1.89 bits per heavy atom. The second kappa shape index (κ2) is 9.61. The van der Waals surface area contributed by atoms with E-state index in [0.717, 1.165) is 24.2 Å². The lowest BCUT2D eigenvalue weighted by Crippen LogP contribution is -2.55. The molecule has 3 heterocycles. The van der Waals surface area contributed by atoms with E-state index in [2.05, 4.69) is 0 Å². The van der Waals surface area contributed by atoms with Crippen molar-refractivity contribution in [2.24, 2.45) is 5.92 Å². The molecule has 2 saturated heterocycles. The molecule has 0 spiro atoms. The topological polar surface area (TPSA) is 55.8 Å². The maximum Gasteiger partial charge on any atom is 0.165 e. The highest BCUT2D eigenvalue weighted by Gasteiger charge is 2.53. The number of hydrogen-bond donors (Lipinski definition) is 0. The van der Waals surface area contributed by atoms with Crippen LogP contribution in [0.4, 0.5) is 8.78 Å². The van der Waals surface area contributed by atoms with Gasteiger partial charge in [0.2, 0.25) is 0 Å². The molecule has 0 radical (unpaired) electrons. The van der Waals surface area contributed by atoms with E-state index in [4.69, 9.17) is 21.1 Å². The molecule has 3 aliphatic rings. The molecule has 0 N–H and O–H groups in total. The summed E-state index contributed by atoms with van der Waals surface area (Å²) in [6.45, 7) is 1.78. The van der Waals surface area contributed by atoms with Crippen LogP contribution >= 0.6 is 11.6 Å². The molecule has 0 aromatic heterocycles. The Hall–Kier alpha value is -1.74. The Bertz CT molecular complexity index is 1190. The van der Waals surface area contributed by atoms with E-state index in [1.165, 1.54) is 0 Å². The summed E-state index contributed by atoms with van der Waals surface area (Å²) in [7, 11) is -1.37. The molecule has 0 amide bonds. The molecule has 190 valence electrons. The van der Waals surface area contributed by atoms with Gasteiger partial charge in [0, 0.05) is 35.1 Å². The van der Waals surface area contributed by atoms with Gasteiger partial charge in [-0.15, -0.1) is 0 Å². The Kier molecular flexibility index (Phi) is 6.85. The van der Waals surface area contributed by atoms with Crippen LogP contribution in [0.25, 0.3) is 0 Å². The first-order chi connectivity index (χ1) is 16.7. The van der Waals surface area contributed by atoms with Crippen molar-refractivity contribution in [1.29, 1.82) is 0 Å². The van der Waals surface area contributed by atoms with Crippen molar-refractivity contribution < 1.29 is 26.7 Å². The number of rotatable bonds is 6. The van der Waals surface area contributed by atoms with Gasteiger partial charge in [-0.1, -0.05) is 23.7 Å². The smallest absolute Gasteiger partial charge is 0.165 e. The largest absolute Gasteiger partial charge is 0.490 e.